The number of rotatable bonds is 1. The maximum absolute atomic E-state index is 4.61. The fourth-order valence-electron chi connectivity index (χ4n) is 1.90. The third-order valence-corrected chi connectivity index (χ3v) is 2.77. The Morgan fingerprint density at radius 3 is 2.41 bits per heavy atom. The van der Waals surface area contributed by atoms with Crippen LogP contribution in [0.25, 0.3) is 16.9 Å². The number of nitrogens with zero attached hydrogens (tertiary/aromatic N) is 2. The van der Waals surface area contributed by atoms with Gasteiger partial charge in [-0.15, -0.1) is 0 Å². The summed E-state index contributed by atoms with van der Waals surface area (Å²) in [4.78, 5) is 4.61. The fraction of sp³-hybridized carbons (Fsp3) is 0.0714. The molecule has 0 unspecified atom stereocenters. The minimum Gasteiger partial charge on any atom is -1.00 e. The second-order valence-electron chi connectivity index (χ2n) is 3.89. The smallest absolute Gasteiger partial charge is 0.137 e. The molecule has 0 aliphatic carbocycles. The number of halogens is 1. The first kappa shape index (κ1) is 11.9. The van der Waals surface area contributed by atoms with E-state index in [9.17, 15) is 0 Å². The first-order chi connectivity index (χ1) is 7.84. The Bertz CT molecular complexity index is 629. The van der Waals surface area contributed by atoms with Gasteiger partial charge in [0, 0.05) is 17.5 Å². The average Bonchev–Trinajstić information content (AvgIpc) is 2.76. The molecule has 0 aliphatic heterocycles. The summed E-state index contributed by atoms with van der Waals surface area (Å²) < 4.78 is 2.11. The summed E-state index contributed by atoms with van der Waals surface area (Å²) in [5.41, 5.74) is 4.38. The van der Waals surface area contributed by atoms with Gasteiger partial charge in [0.15, 0.2) is 0 Å². The molecule has 0 spiro atoms. The van der Waals surface area contributed by atoms with Crippen molar-refractivity contribution >= 4 is 5.65 Å². The highest BCUT2D eigenvalue weighted by Crippen LogP contribution is 2.19. The zero-order valence-corrected chi connectivity index (χ0v) is 11.1. The summed E-state index contributed by atoms with van der Waals surface area (Å²) in [6.45, 7) is 2.09. The van der Waals surface area contributed by atoms with E-state index in [4.69, 9.17) is 0 Å². The number of hydrogen-bond acceptors (Lipinski definition) is 1. The number of aryl methyl sites for hydroxylation is 1. The molecule has 3 rings (SSSR count). The Morgan fingerprint density at radius 1 is 0.941 bits per heavy atom. The van der Waals surface area contributed by atoms with Gasteiger partial charge < -0.3 is 21.4 Å². The second-order valence-corrected chi connectivity index (χ2v) is 3.89. The Kier molecular flexibility index (Phi) is 3.29. The van der Waals surface area contributed by atoms with Gasteiger partial charge >= 0.3 is 0 Å². The van der Waals surface area contributed by atoms with Gasteiger partial charge in [-0.25, -0.2) is 4.98 Å². The lowest BCUT2D eigenvalue weighted by Crippen LogP contribution is -3.00. The van der Waals surface area contributed by atoms with Crippen molar-refractivity contribution in [3.63, 3.8) is 0 Å². The van der Waals surface area contributed by atoms with E-state index in [-0.39, 0.29) is 17.0 Å². The highest BCUT2D eigenvalue weighted by Gasteiger charge is 2.04. The first-order valence-corrected chi connectivity index (χ1v) is 5.35. The van der Waals surface area contributed by atoms with Crippen LogP contribution in [0.1, 0.15) is 5.69 Å². The van der Waals surface area contributed by atoms with E-state index in [2.05, 4.69) is 40.7 Å². The van der Waals surface area contributed by atoms with Crippen LogP contribution in [0.3, 0.4) is 0 Å². The lowest BCUT2D eigenvalue weighted by atomic mass is 10.2. The van der Waals surface area contributed by atoms with E-state index in [1.165, 1.54) is 5.69 Å². The van der Waals surface area contributed by atoms with Crippen LogP contribution in [-0.2, 0) is 0 Å². The average molecular weight is 288 g/mol. The van der Waals surface area contributed by atoms with Crippen LogP contribution < -0.4 is 17.0 Å². The van der Waals surface area contributed by atoms with Gasteiger partial charge in [0.1, 0.15) is 5.65 Å². The molecule has 0 bridgehead atoms. The number of imidazole rings is 1. The molecule has 0 saturated carbocycles. The van der Waals surface area contributed by atoms with Gasteiger partial charge in [-0.2, -0.15) is 0 Å². The van der Waals surface area contributed by atoms with E-state index < -0.39 is 0 Å². The molecular formula is C14H12BrN2-. The van der Waals surface area contributed by atoms with E-state index in [0.29, 0.717) is 0 Å². The number of pyridine rings is 1. The summed E-state index contributed by atoms with van der Waals surface area (Å²) in [6.07, 6.45) is 2.08. The van der Waals surface area contributed by atoms with Crippen LogP contribution >= 0.6 is 0 Å². The Balaban J connectivity index is 0.00000108. The van der Waals surface area contributed by atoms with Crippen molar-refractivity contribution in [3.8, 4) is 11.3 Å². The minimum atomic E-state index is 0. The molecule has 1 aromatic carbocycles. The SMILES string of the molecule is Cc1cccc2nc(-c3ccccc3)cn12.[Br-]. The Morgan fingerprint density at radius 2 is 1.71 bits per heavy atom. The molecule has 0 N–H and O–H groups in total. The van der Waals surface area contributed by atoms with Crippen LogP contribution in [0.15, 0.2) is 54.7 Å². The molecule has 2 heterocycles. The second kappa shape index (κ2) is 4.72. The maximum Gasteiger partial charge on any atom is 0.137 e. The van der Waals surface area contributed by atoms with E-state index in [1.54, 1.807) is 0 Å². The molecule has 17 heavy (non-hydrogen) atoms. The van der Waals surface area contributed by atoms with Crippen LogP contribution in [0.5, 0.6) is 0 Å². The lowest BCUT2D eigenvalue weighted by molar-refractivity contribution is -0.00000334. The lowest BCUT2D eigenvalue weighted by Gasteiger charge is -1.96. The molecule has 0 aliphatic rings. The van der Waals surface area contributed by atoms with Crippen molar-refractivity contribution in [2.75, 3.05) is 0 Å². The van der Waals surface area contributed by atoms with Crippen LogP contribution in [-0.4, -0.2) is 9.38 Å². The van der Waals surface area contributed by atoms with Crippen molar-refractivity contribution < 1.29 is 17.0 Å². The van der Waals surface area contributed by atoms with Crippen molar-refractivity contribution in [2.24, 2.45) is 0 Å². The molecule has 0 saturated heterocycles. The maximum atomic E-state index is 4.61. The molecular weight excluding hydrogens is 276 g/mol. The van der Waals surface area contributed by atoms with Crippen molar-refractivity contribution in [1.82, 2.24) is 9.38 Å². The fourth-order valence-corrected chi connectivity index (χ4v) is 1.90. The monoisotopic (exact) mass is 287 g/mol. The predicted molar refractivity (Wildman–Crippen MR) is 65.4 cm³/mol. The normalized spacial score (nSPS) is 10.2. The highest BCUT2D eigenvalue weighted by molar-refractivity contribution is 5.62. The van der Waals surface area contributed by atoms with Gasteiger partial charge in [0.2, 0.25) is 0 Å². The number of aromatic nitrogens is 2. The number of fused-ring (bicyclic) bond motifs is 1. The molecule has 0 radical (unpaired) electrons. The molecule has 3 aromatic rings. The first-order valence-electron chi connectivity index (χ1n) is 5.35. The van der Waals surface area contributed by atoms with Crippen LogP contribution in [0.2, 0.25) is 0 Å². The topological polar surface area (TPSA) is 17.3 Å². The zero-order chi connectivity index (χ0) is 11.0. The third-order valence-electron chi connectivity index (χ3n) is 2.77. The van der Waals surface area contributed by atoms with Crippen molar-refractivity contribution in [2.45, 2.75) is 6.92 Å². The summed E-state index contributed by atoms with van der Waals surface area (Å²) in [6, 6.07) is 16.4. The summed E-state index contributed by atoms with van der Waals surface area (Å²) in [5.74, 6) is 0. The summed E-state index contributed by atoms with van der Waals surface area (Å²) in [7, 11) is 0. The van der Waals surface area contributed by atoms with Gasteiger partial charge in [0.05, 0.1) is 5.69 Å². The van der Waals surface area contributed by atoms with Crippen LogP contribution in [0, 0.1) is 6.92 Å². The third kappa shape index (κ3) is 2.11. The predicted octanol–water partition coefficient (Wildman–Crippen LogP) is 0.314. The van der Waals surface area contributed by atoms with Gasteiger partial charge in [-0.05, 0) is 19.1 Å². The highest BCUT2D eigenvalue weighted by atomic mass is 79.9. The standard InChI is InChI=1S/C14H12N2.BrH/c1-11-6-5-9-14-15-13(10-16(11)14)12-7-3-2-4-8-12;/h2-10H,1H3;1H/p-1. The molecule has 2 nitrogen and oxygen atoms in total. The quantitative estimate of drug-likeness (QED) is 0.630. The van der Waals surface area contributed by atoms with Crippen molar-refractivity contribution in [3.05, 3.63) is 60.4 Å². The van der Waals surface area contributed by atoms with E-state index in [1.807, 2.05) is 30.3 Å². The molecule has 86 valence electrons. The molecule has 2 aromatic heterocycles. The summed E-state index contributed by atoms with van der Waals surface area (Å²) >= 11 is 0. The minimum absolute atomic E-state index is 0. The molecule has 0 atom stereocenters. The zero-order valence-electron chi connectivity index (χ0n) is 9.47. The molecule has 0 fully saturated rings. The molecule has 3 heteroatoms. The Hall–Kier alpha value is -1.61. The summed E-state index contributed by atoms with van der Waals surface area (Å²) in [5, 5.41) is 0. The Labute approximate surface area is 111 Å². The van der Waals surface area contributed by atoms with E-state index >= 15 is 0 Å². The van der Waals surface area contributed by atoms with E-state index in [0.717, 1.165) is 16.9 Å². The van der Waals surface area contributed by atoms with Gasteiger partial charge in [-0.3, -0.25) is 0 Å². The van der Waals surface area contributed by atoms with Crippen LogP contribution in [0.4, 0.5) is 0 Å². The van der Waals surface area contributed by atoms with Gasteiger partial charge in [-0.1, -0.05) is 36.4 Å². The van der Waals surface area contributed by atoms with Crippen molar-refractivity contribution in [1.29, 1.82) is 0 Å². The number of hydrogen-bond donors (Lipinski definition) is 0. The van der Waals surface area contributed by atoms with Gasteiger partial charge in [0.25, 0.3) is 0 Å². The number of benzene rings is 1. The largest absolute Gasteiger partial charge is 1.00 e. The molecule has 0 amide bonds.